The van der Waals surface area contributed by atoms with Crippen LogP contribution in [-0.4, -0.2) is 36.9 Å². The van der Waals surface area contributed by atoms with Gasteiger partial charge in [0.05, 0.1) is 36.6 Å². The van der Waals surface area contributed by atoms with Crippen molar-refractivity contribution < 1.29 is 9.47 Å². The fourth-order valence-corrected chi connectivity index (χ4v) is 3.53. The van der Waals surface area contributed by atoms with E-state index in [1.54, 1.807) is 14.2 Å². The molecule has 6 heteroatoms. The molecule has 28 heavy (non-hydrogen) atoms. The first-order valence-corrected chi connectivity index (χ1v) is 9.82. The molecule has 1 N–H and O–H groups in total. The Hall–Kier alpha value is -2.89. The molecule has 0 saturated carbocycles. The summed E-state index contributed by atoms with van der Waals surface area (Å²) < 4.78 is 12.9. The number of methoxy groups -OCH3 is 2. The molecule has 1 aromatic heterocycles. The van der Waals surface area contributed by atoms with Crippen molar-refractivity contribution in [2.24, 2.45) is 7.05 Å². The second-order valence-electron chi connectivity index (χ2n) is 6.82. The number of anilines is 3. The third-order valence-corrected chi connectivity index (χ3v) is 4.86. The second-order valence-corrected chi connectivity index (χ2v) is 6.82. The van der Waals surface area contributed by atoms with Gasteiger partial charge >= 0.3 is 0 Å². The minimum Gasteiger partial charge on any atom is -0.497 e. The minimum absolute atomic E-state index is 0.713. The fourth-order valence-electron chi connectivity index (χ4n) is 3.53. The van der Waals surface area contributed by atoms with E-state index < -0.39 is 0 Å². The Kier molecular flexibility index (Phi) is 6.29. The zero-order valence-electron chi connectivity index (χ0n) is 17.5. The number of aromatic nitrogens is 2. The van der Waals surface area contributed by atoms with Gasteiger partial charge in [-0.05, 0) is 37.1 Å². The Morgan fingerprint density at radius 1 is 1.04 bits per heavy atom. The number of fused-ring (bicyclic) bond motifs is 1. The summed E-state index contributed by atoms with van der Waals surface area (Å²) in [7, 11) is 5.35. The summed E-state index contributed by atoms with van der Waals surface area (Å²) in [5.74, 6) is 2.24. The summed E-state index contributed by atoms with van der Waals surface area (Å²) in [6, 6.07) is 12.0. The molecule has 0 atom stereocenters. The maximum Gasteiger partial charge on any atom is 0.208 e. The molecule has 0 unspecified atom stereocenters. The van der Waals surface area contributed by atoms with Gasteiger partial charge in [-0.15, -0.1) is 0 Å². The van der Waals surface area contributed by atoms with Crippen LogP contribution in [0.25, 0.3) is 11.0 Å². The minimum atomic E-state index is 0.713. The van der Waals surface area contributed by atoms with E-state index in [2.05, 4.69) is 46.8 Å². The lowest BCUT2D eigenvalue weighted by atomic mass is 10.2. The average molecular weight is 383 g/mol. The number of ether oxygens (including phenoxy) is 2. The molecule has 0 radical (unpaired) electrons. The fraction of sp³-hybridized carbons (Fsp3) is 0.409. The summed E-state index contributed by atoms with van der Waals surface area (Å²) in [4.78, 5) is 7.27. The first-order chi connectivity index (χ1) is 13.6. The van der Waals surface area contributed by atoms with Crippen molar-refractivity contribution in [3.63, 3.8) is 0 Å². The van der Waals surface area contributed by atoms with Gasteiger partial charge in [-0.3, -0.25) is 0 Å². The van der Waals surface area contributed by atoms with Crippen LogP contribution in [0.4, 0.5) is 17.3 Å². The van der Waals surface area contributed by atoms with Crippen LogP contribution in [0.1, 0.15) is 26.7 Å². The molecular formula is C22H30N4O2. The lowest BCUT2D eigenvalue weighted by Crippen LogP contribution is -2.25. The van der Waals surface area contributed by atoms with Crippen molar-refractivity contribution in [2.45, 2.75) is 26.7 Å². The van der Waals surface area contributed by atoms with Crippen LogP contribution in [0, 0.1) is 0 Å². The average Bonchev–Trinajstić information content (AvgIpc) is 3.03. The molecule has 150 valence electrons. The molecule has 0 aliphatic carbocycles. The Labute approximate surface area is 167 Å². The maximum atomic E-state index is 5.51. The van der Waals surface area contributed by atoms with Crippen molar-refractivity contribution in [1.82, 2.24) is 9.55 Å². The molecule has 3 rings (SSSR count). The van der Waals surface area contributed by atoms with Crippen molar-refractivity contribution in [1.29, 1.82) is 0 Å². The van der Waals surface area contributed by atoms with Crippen molar-refractivity contribution in [3.8, 4) is 11.5 Å². The van der Waals surface area contributed by atoms with E-state index in [0.29, 0.717) is 5.75 Å². The SMILES string of the molecule is CCCN(CCC)c1cccc2nc(Nc3ccc(OC)cc3OC)n(C)c12. The largest absolute Gasteiger partial charge is 0.497 e. The molecule has 1 heterocycles. The molecule has 0 saturated heterocycles. The van der Waals surface area contributed by atoms with Gasteiger partial charge in [0.15, 0.2) is 0 Å². The highest BCUT2D eigenvalue weighted by atomic mass is 16.5. The number of nitrogens with zero attached hydrogens (tertiary/aromatic N) is 3. The highest BCUT2D eigenvalue weighted by Gasteiger charge is 2.16. The van der Waals surface area contributed by atoms with E-state index in [1.165, 1.54) is 5.69 Å². The number of nitrogens with one attached hydrogen (secondary N) is 1. The summed E-state index contributed by atoms with van der Waals surface area (Å²) in [6.45, 7) is 6.50. The Morgan fingerprint density at radius 3 is 2.43 bits per heavy atom. The van der Waals surface area contributed by atoms with E-state index in [1.807, 2.05) is 25.2 Å². The number of imidazole rings is 1. The van der Waals surface area contributed by atoms with E-state index >= 15 is 0 Å². The molecule has 0 spiro atoms. The van der Waals surface area contributed by atoms with Crippen molar-refractivity contribution in [3.05, 3.63) is 36.4 Å². The maximum absolute atomic E-state index is 5.51. The van der Waals surface area contributed by atoms with Gasteiger partial charge in [0, 0.05) is 26.2 Å². The lowest BCUT2D eigenvalue weighted by molar-refractivity contribution is 0.395. The molecule has 0 aliphatic rings. The van der Waals surface area contributed by atoms with Crippen LogP contribution < -0.4 is 19.7 Å². The topological polar surface area (TPSA) is 51.6 Å². The molecule has 0 bridgehead atoms. The number of aryl methyl sites for hydroxylation is 1. The van der Waals surface area contributed by atoms with Crippen LogP contribution >= 0.6 is 0 Å². The summed E-state index contributed by atoms with van der Waals surface area (Å²) in [5, 5.41) is 3.42. The number of hydrogen-bond donors (Lipinski definition) is 1. The molecule has 3 aromatic rings. The molecule has 0 amide bonds. The Morgan fingerprint density at radius 2 is 1.79 bits per heavy atom. The van der Waals surface area contributed by atoms with E-state index in [4.69, 9.17) is 14.5 Å². The highest BCUT2D eigenvalue weighted by molar-refractivity contribution is 5.91. The summed E-state index contributed by atoms with van der Waals surface area (Å²) >= 11 is 0. The normalized spacial score (nSPS) is 10.9. The van der Waals surface area contributed by atoms with Crippen LogP contribution in [-0.2, 0) is 7.05 Å². The second kappa shape index (κ2) is 8.87. The van der Waals surface area contributed by atoms with Crippen LogP contribution in [0.15, 0.2) is 36.4 Å². The molecule has 0 fully saturated rings. The van der Waals surface area contributed by atoms with Crippen LogP contribution in [0.5, 0.6) is 11.5 Å². The highest BCUT2D eigenvalue weighted by Crippen LogP contribution is 2.34. The van der Waals surface area contributed by atoms with Gasteiger partial charge < -0.3 is 24.3 Å². The molecule has 0 aliphatic heterocycles. The number of para-hydroxylation sites is 1. The van der Waals surface area contributed by atoms with E-state index in [0.717, 1.165) is 54.3 Å². The quantitative estimate of drug-likeness (QED) is 0.567. The van der Waals surface area contributed by atoms with Gasteiger partial charge in [-0.25, -0.2) is 4.98 Å². The third kappa shape index (κ3) is 3.86. The Bertz CT molecular complexity index is 930. The standard InChI is InChI=1S/C22H30N4O2/c1-6-13-26(14-7-2)19-10-8-9-18-21(19)25(3)22(24-18)23-17-12-11-16(27-4)15-20(17)28-5/h8-12,15H,6-7,13-14H2,1-5H3,(H,23,24). The van der Waals surface area contributed by atoms with E-state index in [9.17, 15) is 0 Å². The molecule has 6 nitrogen and oxygen atoms in total. The van der Waals surface area contributed by atoms with Crippen LogP contribution in [0.3, 0.4) is 0 Å². The van der Waals surface area contributed by atoms with Gasteiger partial charge in [-0.1, -0.05) is 19.9 Å². The smallest absolute Gasteiger partial charge is 0.208 e. The summed E-state index contributed by atoms with van der Waals surface area (Å²) in [5.41, 5.74) is 4.19. The van der Waals surface area contributed by atoms with Gasteiger partial charge in [0.25, 0.3) is 0 Å². The Balaban J connectivity index is 2.02. The zero-order chi connectivity index (χ0) is 20.1. The first kappa shape index (κ1) is 19.9. The monoisotopic (exact) mass is 382 g/mol. The molecule has 2 aromatic carbocycles. The number of rotatable bonds is 9. The van der Waals surface area contributed by atoms with E-state index in [-0.39, 0.29) is 0 Å². The van der Waals surface area contributed by atoms with Gasteiger partial charge in [0.2, 0.25) is 5.95 Å². The number of benzene rings is 2. The molecular weight excluding hydrogens is 352 g/mol. The summed E-state index contributed by atoms with van der Waals surface area (Å²) in [6.07, 6.45) is 2.23. The zero-order valence-corrected chi connectivity index (χ0v) is 17.5. The van der Waals surface area contributed by atoms with Gasteiger partial charge in [-0.2, -0.15) is 0 Å². The van der Waals surface area contributed by atoms with Crippen molar-refractivity contribution >= 4 is 28.4 Å². The van der Waals surface area contributed by atoms with Crippen molar-refractivity contribution in [2.75, 3.05) is 37.5 Å². The first-order valence-electron chi connectivity index (χ1n) is 9.82. The third-order valence-electron chi connectivity index (χ3n) is 4.86. The van der Waals surface area contributed by atoms with Gasteiger partial charge in [0.1, 0.15) is 11.5 Å². The predicted octanol–water partition coefficient (Wildman–Crippen LogP) is 4.96. The van der Waals surface area contributed by atoms with Crippen LogP contribution in [0.2, 0.25) is 0 Å². The number of hydrogen-bond acceptors (Lipinski definition) is 5. The predicted molar refractivity (Wildman–Crippen MR) is 116 cm³/mol. The lowest BCUT2D eigenvalue weighted by Gasteiger charge is -2.25.